The van der Waals surface area contributed by atoms with E-state index in [1.165, 1.54) is 0 Å². The summed E-state index contributed by atoms with van der Waals surface area (Å²) in [5, 5.41) is 7.24. The van der Waals surface area contributed by atoms with Gasteiger partial charge >= 0.3 is 0 Å². The largest absolute Gasteiger partial charge is 0.472 e. The first-order chi connectivity index (χ1) is 7.25. The van der Waals surface area contributed by atoms with E-state index in [2.05, 4.69) is 24.3 Å². The molecule has 0 unspecified atom stereocenters. The highest BCUT2D eigenvalue weighted by Crippen LogP contribution is 2.20. The van der Waals surface area contributed by atoms with Crippen LogP contribution in [0.25, 0.3) is 11.3 Å². The number of furan rings is 1. The lowest BCUT2D eigenvalue weighted by molar-refractivity contribution is 0.417. The lowest BCUT2D eigenvalue weighted by Gasteiger charge is -2.03. The van der Waals surface area contributed by atoms with Crippen LogP contribution in [0.2, 0.25) is 0 Å². The molecule has 0 spiro atoms. The fourth-order valence-corrected chi connectivity index (χ4v) is 1.24. The second-order valence-corrected chi connectivity index (χ2v) is 3.73. The Balaban J connectivity index is 2.04. The van der Waals surface area contributed by atoms with Gasteiger partial charge in [0.25, 0.3) is 0 Å². The van der Waals surface area contributed by atoms with Crippen LogP contribution >= 0.6 is 0 Å². The zero-order valence-electron chi connectivity index (χ0n) is 8.86. The molecule has 0 saturated carbocycles. The smallest absolute Gasteiger partial charge is 0.170 e. The minimum atomic E-state index is 0.444. The maximum atomic E-state index is 5.19. The molecule has 0 aromatic carbocycles. The first kappa shape index (κ1) is 9.98. The van der Waals surface area contributed by atoms with Gasteiger partial charge in [0, 0.05) is 18.7 Å². The van der Waals surface area contributed by atoms with E-state index in [1.807, 2.05) is 12.1 Å². The Morgan fingerprint density at radius 3 is 3.00 bits per heavy atom. The molecular formula is C11H14N2O2. The van der Waals surface area contributed by atoms with Crippen LogP contribution in [-0.4, -0.2) is 11.2 Å². The number of rotatable bonds is 4. The summed E-state index contributed by atoms with van der Waals surface area (Å²) in [5.41, 5.74) is 1.82. The topological polar surface area (TPSA) is 51.2 Å². The first-order valence-electron chi connectivity index (χ1n) is 4.97. The molecule has 15 heavy (non-hydrogen) atoms. The molecule has 0 saturated heterocycles. The minimum Gasteiger partial charge on any atom is -0.472 e. The van der Waals surface area contributed by atoms with E-state index in [0.29, 0.717) is 6.04 Å². The zero-order chi connectivity index (χ0) is 10.7. The van der Waals surface area contributed by atoms with Crippen molar-refractivity contribution in [3.05, 3.63) is 30.4 Å². The third kappa shape index (κ3) is 2.47. The van der Waals surface area contributed by atoms with Crippen molar-refractivity contribution >= 4 is 0 Å². The van der Waals surface area contributed by atoms with Crippen molar-refractivity contribution in [1.82, 2.24) is 10.5 Å². The van der Waals surface area contributed by atoms with E-state index in [-0.39, 0.29) is 0 Å². The standard InChI is InChI=1S/C11H14N2O2/c1-8(2)12-6-10-5-11(15-13-10)9-3-4-14-7-9/h3-5,7-8,12H,6H2,1-2H3. The monoisotopic (exact) mass is 206 g/mol. The second kappa shape index (κ2) is 4.31. The summed E-state index contributed by atoms with van der Waals surface area (Å²) < 4.78 is 10.2. The fourth-order valence-electron chi connectivity index (χ4n) is 1.24. The number of hydrogen-bond donors (Lipinski definition) is 1. The molecule has 0 aliphatic rings. The molecule has 1 N–H and O–H groups in total. The predicted molar refractivity (Wildman–Crippen MR) is 56.2 cm³/mol. The van der Waals surface area contributed by atoms with Gasteiger partial charge in [-0.05, 0) is 6.07 Å². The van der Waals surface area contributed by atoms with Gasteiger partial charge in [0.15, 0.2) is 5.76 Å². The quantitative estimate of drug-likeness (QED) is 0.834. The van der Waals surface area contributed by atoms with Crippen molar-refractivity contribution < 1.29 is 8.94 Å². The summed E-state index contributed by atoms with van der Waals surface area (Å²) in [6.07, 6.45) is 3.25. The fraction of sp³-hybridized carbons (Fsp3) is 0.364. The third-order valence-electron chi connectivity index (χ3n) is 2.06. The van der Waals surface area contributed by atoms with Gasteiger partial charge in [-0.2, -0.15) is 0 Å². The van der Waals surface area contributed by atoms with E-state index in [4.69, 9.17) is 8.94 Å². The highest BCUT2D eigenvalue weighted by atomic mass is 16.5. The van der Waals surface area contributed by atoms with E-state index >= 15 is 0 Å². The van der Waals surface area contributed by atoms with Crippen LogP contribution in [0, 0.1) is 0 Å². The molecule has 4 heteroatoms. The van der Waals surface area contributed by atoms with Gasteiger partial charge in [-0.1, -0.05) is 19.0 Å². The van der Waals surface area contributed by atoms with Crippen molar-refractivity contribution in [2.24, 2.45) is 0 Å². The maximum Gasteiger partial charge on any atom is 0.170 e. The molecule has 2 heterocycles. The number of hydrogen-bond acceptors (Lipinski definition) is 4. The molecule has 0 aliphatic heterocycles. The van der Waals surface area contributed by atoms with Gasteiger partial charge < -0.3 is 14.3 Å². The first-order valence-corrected chi connectivity index (χ1v) is 4.97. The lowest BCUT2D eigenvalue weighted by Crippen LogP contribution is -2.21. The summed E-state index contributed by atoms with van der Waals surface area (Å²) >= 11 is 0. The number of nitrogens with zero attached hydrogens (tertiary/aromatic N) is 1. The van der Waals surface area contributed by atoms with E-state index in [0.717, 1.165) is 23.6 Å². The maximum absolute atomic E-state index is 5.19. The summed E-state index contributed by atoms with van der Waals surface area (Å²) in [6.45, 7) is 4.91. The molecule has 80 valence electrons. The molecule has 0 bridgehead atoms. The minimum absolute atomic E-state index is 0.444. The van der Waals surface area contributed by atoms with Gasteiger partial charge in [0.05, 0.1) is 17.5 Å². The van der Waals surface area contributed by atoms with Crippen LogP contribution in [0.4, 0.5) is 0 Å². The summed E-state index contributed by atoms with van der Waals surface area (Å²) in [4.78, 5) is 0. The van der Waals surface area contributed by atoms with Crippen molar-refractivity contribution in [2.75, 3.05) is 0 Å². The Bertz CT molecular complexity index is 404. The number of nitrogens with one attached hydrogen (secondary N) is 1. The Morgan fingerprint density at radius 1 is 1.47 bits per heavy atom. The van der Waals surface area contributed by atoms with E-state index < -0.39 is 0 Å². The van der Waals surface area contributed by atoms with Gasteiger partial charge in [0.2, 0.25) is 0 Å². The Morgan fingerprint density at radius 2 is 2.33 bits per heavy atom. The van der Waals surface area contributed by atoms with Crippen LogP contribution in [0.1, 0.15) is 19.5 Å². The highest BCUT2D eigenvalue weighted by molar-refractivity contribution is 5.55. The molecule has 2 rings (SSSR count). The van der Waals surface area contributed by atoms with Crippen molar-refractivity contribution in [2.45, 2.75) is 26.4 Å². The van der Waals surface area contributed by atoms with Gasteiger partial charge in [-0.15, -0.1) is 0 Å². The van der Waals surface area contributed by atoms with Crippen LogP contribution in [0.15, 0.2) is 33.6 Å². The normalized spacial score (nSPS) is 11.1. The van der Waals surface area contributed by atoms with Crippen molar-refractivity contribution in [3.63, 3.8) is 0 Å². The van der Waals surface area contributed by atoms with Crippen LogP contribution in [-0.2, 0) is 6.54 Å². The van der Waals surface area contributed by atoms with E-state index in [1.54, 1.807) is 12.5 Å². The van der Waals surface area contributed by atoms with Crippen LogP contribution in [0.3, 0.4) is 0 Å². The van der Waals surface area contributed by atoms with Crippen LogP contribution < -0.4 is 5.32 Å². The van der Waals surface area contributed by atoms with Crippen molar-refractivity contribution in [3.8, 4) is 11.3 Å². The Hall–Kier alpha value is -1.55. The van der Waals surface area contributed by atoms with Gasteiger partial charge in [-0.25, -0.2) is 0 Å². The average Bonchev–Trinajstić information content (AvgIpc) is 2.85. The number of aromatic nitrogens is 1. The summed E-state index contributed by atoms with van der Waals surface area (Å²) in [5.74, 6) is 0.740. The van der Waals surface area contributed by atoms with Gasteiger partial charge in [0.1, 0.15) is 6.26 Å². The zero-order valence-corrected chi connectivity index (χ0v) is 8.86. The average molecular weight is 206 g/mol. The summed E-state index contributed by atoms with van der Waals surface area (Å²) in [7, 11) is 0. The molecule has 2 aromatic heterocycles. The second-order valence-electron chi connectivity index (χ2n) is 3.73. The Labute approximate surface area is 88.3 Å². The molecule has 0 amide bonds. The lowest BCUT2D eigenvalue weighted by atomic mass is 10.2. The molecule has 0 atom stereocenters. The Kier molecular flexibility index (Phi) is 2.87. The molecule has 4 nitrogen and oxygen atoms in total. The van der Waals surface area contributed by atoms with Crippen LogP contribution in [0.5, 0.6) is 0 Å². The molecule has 2 aromatic rings. The van der Waals surface area contributed by atoms with Crippen molar-refractivity contribution in [1.29, 1.82) is 0 Å². The highest BCUT2D eigenvalue weighted by Gasteiger charge is 2.07. The molecule has 0 fully saturated rings. The predicted octanol–water partition coefficient (Wildman–Crippen LogP) is 2.43. The SMILES string of the molecule is CC(C)NCc1cc(-c2ccoc2)on1. The molecule has 0 radical (unpaired) electrons. The van der Waals surface area contributed by atoms with E-state index in [9.17, 15) is 0 Å². The third-order valence-corrected chi connectivity index (χ3v) is 2.06. The molecular weight excluding hydrogens is 192 g/mol. The van der Waals surface area contributed by atoms with Gasteiger partial charge in [-0.3, -0.25) is 0 Å². The molecule has 0 aliphatic carbocycles. The summed E-state index contributed by atoms with van der Waals surface area (Å²) in [6, 6.07) is 4.21.